The lowest BCUT2D eigenvalue weighted by atomic mass is 10.1. The molecule has 76 valence electrons. The molecule has 3 heteroatoms. The zero-order valence-corrected chi connectivity index (χ0v) is 9.63. The van der Waals surface area contributed by atoms with Gasteiger partial charge in [-0.1, -0.05) is 0 Å². The van der Waals surface area contributed by atoms with Crippen molar-refractivity contribution in [1.29, 1.82) is 0 Å². The molecule has 0 bridgehead atoms. The van der Waals surface area contributed by atoms with Crippen LogP contribution in [0.2, 0.25) is 0 Å². The number of benzene rings is 1. The van der Waals surface area contributed by atoms with Crippen molar-refractivity contribution in [1.82, 2.24) is 0 Å². The summed E-state index contributed by atoms with van der Waals surface area (Å²) in [7, 11) is 0. The molecule has 0 aromatic heterocycles. The lowest BCUT2D eigenvalue weighted by Crippen LogP contribution is -2.29. The van der Waals surface area contributed by atoms with Crippen molar-refractivity contribution in [2.75, 3.05) is 18.0 Å². The van der Waals surface area contributed by atoms with Crippen LogP contribution in [-0.4, -0.2) is 18.2 Å². The molecule has 0 spiro atoms. The van der Waals surface area contributed by atoms with Crippen LogP contribution in [0.15, 0.2) is 22.7 Å². The largest absolute Gasteiger partial charge is 0.507 e. The van der Waals surface area contributed by atoms with Gasteiger partial charge in [-0.15, -0.1) is 0 Å². The summed E-state index contributed by atoms with van der Waals surface area (Å²) in [5.41, 5.74) is 1.13. The minimum Gasteiger partial charge on any atom is -0.507 e. The number of aromatic hydroxyl groups is 1. The van der Waals surface area contributed by atoms with Gasteiger partial charge in [0.1, 0.15) is 5.75 Å². The molecule has 1 fully saturated rings. The number of phenols is 1. The fourth-order valence-corrected chi connectivity index (χ4v) is 2.10. The van der Waals surface area contributed by atoms with E-state index in [0.717, 1.165) is 23.2 Å². The SMILES string of the molecule is Oc1cc(N2CCCCC2)ccc1Br. The first kappa shape index (κ1) is 9.84. The van der Waals surface area contributed by atoms with Crippen molar-refractivity contribution in [2.45, 2.75) is 19.3 Å². The number of piperidine rings is 1. The summed E-state index contributed by atoms with van der Waals surface area (Å²) in [5, 5.41) is 9.56. The first-order chi connectivity index (χ1) is 6.77. The minimum atomic E-state index is 0.327. The van der Waals surface area contributed by atoms with Gasteiger partial charge in [0.05, 0.1) is 4.47 Å². The number of halogens is 1. The summed E-state index contributed by atoms with van der Waals surface area (Å²) in [5.74, 6) is 0.327. The number of hydrogen-bond donors (Lipinski definition) is 1. The Hall–Kier alpha value is -0.700. The van der Waals surface area contributed by atoms with Crippen molar-refractivity contribution >= 4 is 21.6 Å². The molecule has 0 radical (unpaired) electrons. The van der Waals surface area contributed by atoms with Gasteiger partial charge in [-0.05, 0) is 47.3 Å². The molecule has 1 saturated heterocycles. The van der Waals surface area contributed by atoms with Crippen molar-refractivity contribution < 1.29 is 5.11 Å². The van der Waals surface area contributed by atoms with E-state index in [2.05, 4.69) is 26.9 Å². The fourth-order valence-electron chi connectivity index (χ4n) is 1.85. The Kier molecular flexibility index (Phi) is 2.96. The third-order valence-corrected chi connectivity index (χ3v) is 3.32. The maximum absolute atomic E-state index is 9.56. The third-order valence-electron chi connectivity index (χ3n) is 2.65. The predicted molar refractivity (Wildman–Crippen MR) is 61.9 cm³/mol. The highest BCUT2D eigenvalue weighted by molar-refractivity contribution is 9.10. The topological polar surface area (TPSA) is 23.5 Å². The second kappa shape index (κ2) is 4.22. The van der Waals surface area contributed by atoms with Gasteiger partial charge >= 0.3 is 0 Å². The smallest absolute Gasteiger partial charge is 0.131 e. The molecule has 1 aliphatic rings. The second-order valence-corrected chi connectivity index (χ2v) is 4.54. The van der Waals surface area contributed by atoms with Crippen molar-refractivity contribution in [3.05, 3.63) is 22.7 Å². The first-order valence-corrected chi connectivity index (χ1v) is 5.80. The van der Waals surface area contributed by atoms with Gasteiger partial charge in [0.25, 0.3) is 0 Å². The van der Waals surface area contributed by atoms with Crippen LogP contribution in [0.4, 0.5) is 5.69 Å². The Morgan fingerprint density at radius 2 is 1.86 bits per heavy atom. The van der Waals surface area contributed by atoms with E-state index in [9.17, 15) is 5.11 Å². The molecular formula is C11H14BrNO. The molecule has 2 rings (SSSR count). The van der Waals surface area contributed by atoms with E-state index in [0.29, 0.717) is 5.75 Å². The van der Waals surface area contributed by atoms with Crippen LogP contribution in [0.3, 0.4) is 0 Å². The van der Waals surface area contributed by atoms with E-state index in [4.69, 9.17) is 0 Å². The third kappa shape index (κ3) is 2.03. The van der Waals surface area contributed by atoms with Crippen LogP contribution in [0, 0.1) is 0 Å². The molecule has 0 aliphatic carbocycles. The molecule has 1 aliphatic heterocycles. The average molecular weight is 256 g/mol. The highest BCUT2D eigenvalue weighted by atomic mass is 79.9. The molecule has 0 unspecified atom stereocenters. The standard InChI is InChI=1S/C11H14BrNO/c12-10-5-4-9(8-11(10)14)13-6-2-1-3-7-13/h4-5,8,14H,1-3,6-7H2. The van der Waals surface area contributed by atoms with Gasteiger partial charge in [0.2, 0.25) is 0 Å². The van der Waals surface area contributed by atoms with E-state index in [1.165, 1.54) is 19.3 Å². The van der Waals surface area contributed by atoms with Crippen molar-refractivity contribution in [3.63, 3.8) is 0 Å². The molecule has 0 saturated carbocycles. The lowest BCUT2D eigenvalue weighted by molar-refractivity contribution is 0.471. The number of nitrogens with zero attached hydrogens (tertiary/aromatic N) is 1. The molecule has 1 aromatic carbocycles. The van der Waals surface area contributed by atoms with Crippen LogP contribution in [0.5, 0.6) is 5.75 Å². The van der Waals surface area contributed by atoms with E-state index in [1.807, 2.05) is 12.1 Å². The first-order valence-electron chi connectivity index (χ1n) is 5.01. The summed E-state index contributed by atoms with van der Waals surface area (Å²) < 4.78 is 0.762. The average Bonchev–Trinajstić information content (AvgIpc) is 2.23. The zero-order chi connectivity index (χ0) is 9.97. The molecule has 1 aromatic rings. The Bertz CT molecular complexity index is 321. The Morgan fingerprint density at radius 1 is 1.14 bits per heavy atom. The molecule has 1 N–H and O–H groups in total. The van der Waals surface area contributed by atoms with Crippen LogP contribution in [0.1, 0.15) is 19.3 Å². The maximum atomic E-state index is 9.56. The summed E-state index contributed by atoms with van der Waals surface area (Å²) in [6.07, 6.45) is 3.85. The summed E-state index contributed by atoms with van der Waals surface area (Å²) in [4.78, 5) is 2.33. The molecule has 0 atom stereocenters. The summed E-state index contributed by atoms with van der Waals surface area (Å²) in [6, 6.07) is 5.78. The number of anilines is 1. The molecule has 1 heterocycles. The van der Waals surface area contributed by atoms with Gasteiger partial charge in [-0.25, -0.2) is 0 Å². The van der Waals surface area contributed by atoms with Gasteiger partial charge in [0.15, 0.2) is 0 Å². The molecule has 0 amide bonds. The fraction of sp³-hybridized carbons (Fsp3) is 0.455. The van der Waals surface area contributed by atoms with Crippen LogP contribution in [-0.2, 0) is 0 Å². The molecule has 2 nitrogen and oxygen atoms in total. The minimum absolute atomic E-state index is 0.327. The second-order valence-electron chi connectivity index (χ2n) is 3.68. The zero-order valence-electron chi connectivity index (χ0n) is 8.04. The van der Waals surface area contributed by atoms with Gasteiger partial charge in [0, 0.05) is 24.8 Å². The number of rotatable bonds is 1. The normalized spacial score (nSPS) is 17.1. The van der Waals surface area contributed by atoms with Gasteiger partial charge < -0.3 is 10.0 Å². The maximum Gasteiger partial charge on any atom is 0.131 e. The predicted octanol–water partition coefficient (Wildman–Crippen LogP) is 3.15. The van der Waals surface area contributed by atoms with Gasteiger partial charge in [-0.2, -0.15) is 0 Å². The highest BCUT2D eigenvalue weighted by Crippen LogP contribution is 2.29. The highest BCUT2D eigenvalue weighted by Gasteiger charge is 2.11. The van der Waals surface area contributed by atoms with Crippen LogP contribution >= 0.6 is 15.9 Å². The lowest BCUT2D eigenvalue weighted by Gasteiger charge is -2.28. The van der Waals surface area contributed by atoms with Crippen molar-refractivity contribution in [2.24, 2.45) is 0 Å². The van der Waals surface area contributed by atoms with E-state index >= 15 is 0 Å². The quantitative estimate of drug-likeness (QED) is 0.834. The van der Waals surface area contributed by atoms with E-state index in [-0.39, 0.29) is 0 Å². The monoisotopic (exact) mass is 255 g/mol. The summed E-state index contributed by atoms with van der Waals surface area (Å²) >= 11 is 3.28. The van der Waals surface area contributed by atoms with Gasteiger partial charge in [-0.3, -0.25) is 0 Å². The Labute approximate surface area is 92.7 Å². The Morgan fingerprint density at radius 3 is 2.50 bits per heavy atom. The number of hydrogen-bond acceptors (Lipinski definition) is 2. The number of phenolic OH excluding ortho intramolecular Hbond substituents is 1. The summed E-state index contributed by atoms with van der Waals surface area (Å²) in [6.45, 7) is 2.22. The van der Waals surface area contributed by atoms with E-state index < -0.39 is 0 Å². The van der Waals surface area contributed by atoms with Crippen molar-refractivity contribution in [3.8, 4) is 5.75 Å². The molecular weight excluding hydrogens is 242 g/mol. The molecule has 14 heavy (non-hydrogen) atoms. The Balaban J connectivity index is 2.18. The van der Waals surface area contributed by atoms with Crippen LogP contribution in [0.25, 0.3) is 0 Å². The van der Waals surface area contributed by atoms with E-state index in [1.54, 1.807) is 0 Å². The van der Waals surface area contributed by atoms with Crippen LogP contribution < -0.4 is 4.90 Å².